The number of carboxylic acid groups (broad SMARTS) is 1. The molecule has 11 heteroatoms. The number of carbonyl (C=O) groups excluding carboxylic acids is 3. The third-order valence-electron chi connectivity index (χ3n) is 7.16. The topological polar surface area (TPSA) is 128 Å². The fourth-order valence-corrected chi connectivity index (χ4v) is 6.67. The Morgan fingerprint density at radius 2 is 1.89 bits per heavy atom. The molecule has 2 aliphatic heterocycles. The van der Waals surface area contributed by atoms with Crippen molar-refractivity contribution in [3.8, 4) is 11.1 Å². The first-order chi connectivity index (χ1) is 17.8. The van der Waals surface area contributed by atoms with Crippen LogP contribution in [0.1, 0.15) is 34.8 Å². The molecule has 0 bridgehead atoms. The Labute approximate surface area is 243 Å². The number of aliphatic hydroxyl groups excluding tert-OH is 1. The standard InChI is InChI=1S/C27H22N4O5S.Na/c1-13-19(23(27(35)36)31-22(13)20(14(2)32)25(31)34)18-11-30-12-29-21(26(30)37-18)24(33)17-8-16(9-28-10-17)15-6-4-3-5-7-15;/h3-14,20,22,32H,1-2H3,(H,35,36);/q;+1/p-1/t13-,14+,20+,22+;/m0./s1. The molecule has 1 saturated heterocycles. The monoisotopic (exact) mass is 536 g/mol. The Morgan fingerprint density at radius 1 is 1.16 bits per heavy atom. The van der Waals surface area contributed by atoms with Crippen LogP contribution in [0.15, 0.2) is 67.0 Å². The molecule has 1 aromatic carbocycles. The Balaban J connectivity index is 0.00000294. The predicted molar refractivity (Wildman–Crippen MR) is 133 cm³/mol. The van der Waals surface area contributed by atoms with Crippen LogP contribution in [-0.2, 0) is 9.59 Å². The average molecular weight is 537 g/mol. The summed E-state index contributed by atoms with van der Waals surface area (Å²) in [6, 6.07) is 10.9. The van der Waals surface area contributed by atoms with Crippen molar-refractivity contribution in [2.45, 2.75) is 26.0 Å². The minimum Gasteiger partial charge on any atom is -0.543 e. The van der Waals surface area contributed by atoms with E-state index in [1.165, 1.54) is 35.7 Å². The maximum absolute atomic E-state index is 13.4. The Morgan fingerprint density at radius 3 is 2.58 bits per heavy atom. The molecule has 0 unspecified atom stereocenters. The van der Waals surface area contributed by atoms with E-state index >= 15 is 0 Å². The van der Waals surface area contributed by atoms with Gasteiger partial charge >= 0.3 is 29.6 Å². The number of benzene rings is 1. The van der Waals surface area contributed by atoms with E-state index in [9.17, 15) is 24.6 Å². The molecular formula is C27H21N4NaO5S. The molecule has 38 heavy (non-hydrogen) atoms. The number of amides is 1. The molecular weight excluding hydrogens is 515 g/mol. The summed E-state index contributed by atoms with van der Waals surface area (Å²) in [5, 5.41) is 22.2. The van der Waals surface area contributed by atoms with Crippen molar-refractivity contribution in [2.75, 3.05) is 0 Å². The molecule has 1 amide bonds. The fourth-order valence-electron chi connectivity index (χ4n) is 5.45. The van der Waals surface area contributed by atoms with Gasteiger partial charge in [-0.15, -0.1) is 11.3 Å². The van der Waals surface area contributed by atoms with Gasteiger partial charge in [-0.2, -0.15) is 0 Å². The molecule has 6 rings (SSSR count). The zero-order valence-electron chi connectivity index (χ0n) is 20.9. The van der Waals surface area contributed by atoms with Crippen LogP contribution >= 0.6 is 11.3 Å². The zero-order chi connectivity index (χ0) is 26.0. The van der Waals surface area contributed by atoms with Crippen LogP contribution in [0, 0.1) is 11.8 Å². The Hall–Kier alpha value is -3.15. The van der Waals surface area contributed by atoms with Gasteiger partial charge in [0.2, 0.25) is 11.7 Å². The number of hydrogen-bond acceptors (Lipinski definition) is 8. The van der Waals surface area contributed by atoms with Crippen molar-refractivity contribution < 1.29 is 54.2 Å². The number of carboxylic acids is 1. The molecule has 186 valence electrons. The summed E-state index contributed by atoms with van der Waals surface area (Å²) >= 11 is 1.23. The van der Waals surface area contributed by atoms with E-state index in [1.807, 2.05) is 37.3 Å². The normalized spacial score (nSPS) is 21.2. The number of pyridine rings is 1. The van der Waals surface area contributed by atoms with Gasteiger partial charge in [-0.05, 0) is 18.6 Å². The Kier molecular flexibility index (Phi) is 6.87. The van der Waals surface area contributed by atoms with Gasteiger partial charge in [-0.3, -0.25) is 19.0 Å². The number of nitrogens with zero attached hydrogens (tertiary/aromatic N) is 4. The van der Waals surface area contributed by atoms with Crippen LogP contribution in [0.2, 0.25) is 0 Å². The molecule has 3 aromatic heterocycles. The summed E-state index contributed by atoms with van der Waals surface area (Å²) in [5.74, 6) is -3.18. The van der Waals surface area contributed by atoms with E-state index in [-0.39, 0.29) is 52.6 Å². The molecule has 0 spiro atoms. The smallest absolute Gasteiger partial charge is 0.543 e. The third kappa shape index (κ3) is 3.95. The number of thiazole rings is 1. The molecule has 0 radical (unpaired) electrons. The average Bonchev–Trinajstić information content (AvgIpc) is 3.54. The quantitative estimate of drug-likeness (QED) is 0.190. The first kappa shape index (κ1) is 26.5. The number of rotatable bonds is 6. The van der Waals surface area contributed by atoms with Gasteiger partial charge in [0.05, 0.1) is 34.6 Å². The number of aliphatic hydroxyl groups is 1. The van der Waals surface area contributed by atoms with Gasteiger partial charge in [0, 0.05) is 41.2 Å². The fraction of sp³-hybridized carbons (Fsp3) is 0.222. The number of aromatic nitrogens is 3. The second-order valence-electron chi connectivity index (χ2n) is 9.36. The number of imidazole rings is 1. The Bertz CT molecular complexity index is 1630. The van der Waals surface area contributed by atoms with Crippen molar-refractivity contribution >= 4 is 39.4 Å². The molecule has 1 N–H and O–H groups in total. The van der Waals surface area contributed by atoms with E-state index in [2.05, 4.69) is 9.97 Å². The minimum absolute atomic E-state index is 0. The van der Waals surface area contributed by atoms with Crippen LogP contribution < -0.4 is 34.7 Å². The molecule has 4 atom stereocenters. The van der Waals surface area contributed by atoms with Gasteiger partial charge in [0.25, 0.3) is 0 Å². The van der Waals surface area contributed by atoms with E-state index in [1.54, 1.807) is 22.9 Å². The molecule has 4 aromatic rings. The summed E-state index contributed by atoms with van der Waals surface area (Å²) in [5.41, 5.74) is 2.63. The second kappa shape index (κ2) is 9.87. The number of hydrogen-bond donors (Lipinski definition) is 1. The summed E-state index contributed by atoms with van der Waals surface area (Å²) < 4.78 is 1.68. The van der Waals surface area contributed by atoms with Gasteiger partial charge in [-0.1, -0.05) is 37.3 Å². The molecule has 9 nitrogen and oxygen atoms in total. The molecule has 0 saturated carbocycles. The minimum atomic E-state index is -1.45. The van der Waals surface area contributed by atoms with Gasteiger partial charge < -0.3 is 19.9 Å². The molecule has 2 aliphatic rings. The van der Waals surface area contributed by atoms with E-state index in [0.717, 1.165) is 11.1 Å². The van der Waals surface area contributed by atoms with Crippen molar-refractivity contribution in [2.24, 2.45) is 11.8 Å². The maximum Gasteiger partial charge on any atom is 1.00 e. The van der Waals surface area contributed by atoms with E-state index in [4.69, 9.17) is 0 Å². The van der Waals surface area contributed by atoms with Crippen molar-refractivity contribution in [3.05, 3.63) is 83.1 Å². The first-order valence-corrected chi connectivity index (χ1v) is 12.6. The van der Waals surface area contributed by atoms with Crippen LogP contribution in [0.5, 0.6) is 0 Å². The van der Waals surface area contributed by atoms with E-state index in [0.29, 0.717) is 20.8 Å². The van der Waals surface area contributed by atoms with Crippen molar-refractivity contribution in [3.63, 3.8) is 0 Å². The molecule has 0 aliphatic carbocycles. The maximum atomic E-state index is 13.4. The number of fused-ring (bicyclic) bond motifs is 2. The SMILES string of the molecule is C[C@@H](O)[C@H]1C(=O)N2C(C(=O)[O-])=C(c3cn4cnc(C(=O)c5cncc(-c6ccccc6)c5)c4s3)[C@H](C)[C@H]12.[Na+]. The largest absolute Gasteiger partial charge is 1.00 e. The second-order valence-corrected chi connectivity index (χ2v) is 10.4. The van der Waals surface area contributed by atoms with Gasteiger partial charge in [-0.25, -0.2) is 4.98 Å². The summed E-state index contributed by atoms with van der Waals surface area (Å²) in [4.78, 5) is 49.1. The summed E-state index contributed by atoms with van der Waals surface area (Å²) in [6.07, 6.45) is 5.52. The van der Waals surface area contributed by atoms with Crippen LogP contribution in [0.3, 0.4) is 0 Å². The van der Waals surface area contributed by atoms with Gasteiger partial charge in [0.1, 0.15) is 16.9 Å². The predicted octanol–water partition coefficient (Wildman–Crippen LogP) is -0.989. The number of carbonyl (C=O) groups is 3. The van der Waals surface area contributed by atoms with Crippen molar-refractivity contribution in [1.29, 1.82) is 0 Å². The van der Waals surface area contributed by atoms with E-state index < -0.39 is 29.9 Å². The number of β-lactam (4-membered cyclic amide) rings is 1. The first-order valence-electron chi connectivity index (χ1n) is 11.8. The zero-order valence-corrected chi connectivity index (χ0v) is 23.7. The van der Waals surface area contributed by atoms with Crippen molar-refractivity contribution in [1.82, 2.24) is 19.3 Å². The number of aliphatic carboxylic acids is 1. The van der Waals surface area contributed by atoms with Crippen LogP contribution in [-0.4, -0.2) is 54.2 Å². The number of ketones is 1. The molecule has 1 fully saturated rings. The summed E-state index contributed by atoms with van der Waals surface area (Å²) in [6.45, 7) is 3.37. The van der Waals surface area contributed by atoms with Crippen LogP contribution in [0.25, 0.3) is 21.5 Å². The molecule has 5 heterocycles. The summed E-state index contributed by atoms with van der Waals surface area (Å²) in [7, 11) is 0. The third-order valence-corrected chi connectivity index (χ3v) is 8.31. The van der Waals surface area contributed by atoms with Crippen LogP contribution in [0.4, 0.5) is 0 Å². The van der Waals surface area contributed by atoms with Gasteiger partial charge in [0.15, 0.2) is 0 Å².